The van der Waals surface area contributed by atoms with E-state index < -0.39 is 39.8 Å². The molecule has 0 unspecified atom stereocenters. The molecular weight excluding hydrogens is 380 g/mol. The highest BCUT2D eigenvalue weighted by atomic mass is 32.2. The van der Waals surface area contributed by atoms with Gasteiger partial charge in [0.25, 0.3) is 10.2 Å². The first-order valence-electron chi connectivity index (χ1n) is 8.10. The van der Waals surface area contributed by atoms with Crippen LogP contribution in [-0.2, 0) is 22.1 Å². The summed E-state index contributed by atoms with van der Waals surface area (Å²) < 4.78 is 56.7. The molecule has 1 fully saturated rings. The van der Waals surface area contributed by atoms with Crippen LogP contribution in [0.25, 0.3) is 0 Å². The molecule has 2 atom stereocenters. The van der Waals surface area contributed by atoms with Crippen LogP contribution in [0.5, 0.6) is 0 Å². The SMILES string of the molecule is Cc1nn(C)cc1[C@H]1C[C@@H](C(=O)Nc2ccc(F)cc2F)N(C)S(=O)(=O)N1. The van der Waals surface area contributed by atoms with Gasteiger partial charge in [-0.2, -0.15) is 22.5 Å². The highest BCUT2D eigenvalue weighted by Crippen LogP contribution is 2.30. The Morgan fingerprint density at radius 1 is 1.33 bits per heavy atom. The normalized spacial score (nSPS) is 22.6. The number of anilines is 1. The Bertz CT molecular complexity index is 992. The smallest absolute Gasteiger partial charge is 0.280 e. The number of nitrogens with zero attached hydrogens (tertiary/aromatic N) is 3. The third kappa shape index (κ3) is 3.84. The van der Waals surface area contributed by atoms with Crippen LogP contribution in [0.1, 0.15) is 23.7 Å². The fraction of sp³-hybridized carbons (Fsp3) is 0.375. The zero-order valence-electron chi connectivity index (χ0n) is 14.9. The lowest BCUT2D eigenvalue weighted by atomic mass is 10.00. The fourth-order valence-corrected chi connectivity index (χ4v) is 4.35. The van der Waals surface area contributed by atoms with Crippen LogP contribution >= 0.6 is 0 Å². The number of halogens is 2. The topological polar surface area (TPSA) is 96.3 Å². The third-order valence-electron chi connectivity index (χ3n) is 4.49. The van der Waals surface area contributed by atoms with Crippen molar-refractivity contribution in [2.75, 3.05) is 12.4 Å². The molecule has 1 aromatic heterocycles. The summed E-state index contributed by atoms with van der Waals surface area (Å²) in [7, 11) is -0.964. The van der Waals surface area contributed by atoms with E-state index in [2.05, 4.69) is 15.1 Å². The van der Waals surface area contributed by atoms with Crippen molar-refractivity contribution in [3.63, 3.8) is 0 Å². The quantitative estimate of drug-likeness (QED) is 0.811. The third-order valence-corrected chi connectivity index (χ3v) is 6.08. The van der Waals surface area contributed by atoms with E-state index in [1.165, 1.54) is 7.05 Å². The van der Waals surface area contributed by atoms with Crippen molar-refractivity contribution >= 4 is 21.8 Å². The number of rotatable bonds is 3. The Morgan fingerprint density at radius 2 is 2.04 bits per heavy atom. The Hall–Kier alpha value is -2.37. The number of carbonyl (C=O) groups is 1. The van der Waals surface area contributed by atoms with Crippen LogP contribution in [0.2, 0.25) is 0 Å². The first-order chi connectivity index (χ1) is 12.6. The van der Waals surface area contributed by atoms with Crippen molar-refractivity contribution in [2.45, 2.75) is 25.4 Å². The predicted octanol–water partition coefficient (Wildman–Crippen LogP) is 1.23. The molecule has 0 saturated carbocycles. The molecule has 1 saturated heterocycles. The zero-order valence-corrected chi connectivity index (χ0v) is 15.7. The van der Waals surface area contributed by atoms with E-state index in [-0.39, 0.29) is 12.1 Å². The number of likely N-dealkylation sites (N-methyl/N-ethyl adjacent to an activating group) is 1. The molecule has 0 aliphatic carbocycles. The molecule has 2 aromatic rings. The second-order valence-corrected chi connectivity index (χ2v) is 8.16. The van der Waals surface area contributed by atoms with Gasteiger partial charge in [0.15, 0.2) is 0 Å². The molecule has 2 N–H and O–H groups in total. The second-order valence-electron chi connectivity index (χ2n) is 6.40. The number of benzene rings is 1. The molecule has 3 rings (SSSR count). The Kier molecular flexibility index (Phi) is 5.02. The number of amides is 1. The van der Waals surface area contributed by atoms with Gasteiger partial charge in [-0.25, -0.2) is 8.78 Å². The van der Waals surface area contributed by atoms with Crippen LogP contribution < -0.4 is 10.0 Å². The Balaban J connectivity index is 1.88. The molecule has 0 radical (unpaired) electrons. The van der Waals surface area contributed by atoms with E-state index in [0.29, 0.717) is 17.3 Å². The van der Waals surface area contributed by atoms with Crippen LogP contribution in [0.3, 0.4) is 0 Å². The van der Waals surface area contributed by atoms with Crippen LogP contribution in [0.15, 0.2) is 24.4 Å². The van der Waals surface area contributed by atoms with E-state index in [1.54, 1.807) is 24.9 Å². The zero-order chi connectivity index (χ0) is 19.9. The van der Waals surface area contributed by atoms with Crippen molar-refractivity contribution in [1.29, 1.82) is 0 Å². The summed E-state index contributed by atoms with van der Waals surface area (Å²) in [6, 6.07) is 0.990. The van der Waals surface area contributed by atoms with Gasteiger partial charge in [0.2, 0.25) is 5.91 Å². The predicted molar refractivity (Wildman–Crippen MR) is 93.9 cm³/mol. The van der Waals surface area contributed by atoms with Gasteiger partial charge < -0.3 is 5.32 Å². The van der Waals surface area contributed by atoms with Crippen molar-refractivity contribution in [3.8, 4) is 0 Å². The summed E-state index contributed by atoms with van der Waals surface area (Å²) >= 11 is 0. The van der Waals surface area contributed by atoms with Crippen molar-refractivity contribution in [1.82, 2.24) is 18.8 Å². The van der Waals surface area contributed by atoms with Crippen molar-refractivity contribution in [2.24, 2.45) is 7.05 Å². The molecule has 1 aliphatic heterocycles. The maximum absolute atomic E-state index is 13.8. The molecule has 8 nitrogen and oxygen atoms in total. The first kappa shape index (κ1) is 19.4. The lowest BCUT2D eigenvalue weighted by Gasteiger charge is -2.36. The highest BCUT2D eigenvalue weighted by molar-refractivity contribution is 7.87. The maximum atomic E-state index is 13.8. The van der Waals surface area contributed by atoms with E-state index in [1.807, 2.05) is 0 Å². The highest BCUT2D eigenvalue weighted by Gasteiger charge is 2.41. The van der Waals surface area contributed by atoms with Gasteiger partial charge in [-0.1, -0.05) is 0 Å². The first-order valence-corrected chi connectivity index (χ1v) is 9.54. The molecule has 146 valence electrons. The van der Waals surface area contributed by atoms with Gasteiger partial charge in [-0.15, -0.1) is 0 Å². The minimum absolute atomic E-state index is 0.122. The summed E-state index contributed by atoms with van der Waals surface area (Å²) in [5.41, 5.74) is 1.07. The van der Waals surface area contributed by atoms with Gasteiger partial charge in [0.05, 0.1) is 17.4 Å². The molecule has 1 aromatic carbocycles. The summed E-state index contributed by atoms with van der Waals surface area (Å²) in [6.07, 6.45) is 1.80. The average molecular weight is 399 g/mol. The van der Waals surface area contributed by atoms with Gasteiger partial charge in [0.1, 0.15) is 17.7 Å². The molecule has 0 bridgehead atoms. The number of hydrogen-bond donors (Lipinski definition) is 2. The van der Waals surface area contributed by atoms with E-state index in [9.17, 15) is 22.0 Å². The van der Waals surface area contributed by atoms with Crippen LogP contribution in [0, 0.1) is 18.6 Å². The summed E-state index contributed by atoms with van der Waals surface area (Å²) in [5.74, 6) is -2.43. The minimum atomic E-state index is -3.94. The lowest BCUT2D eigenvalue weighted by molar-refractivity contribution is -0.120. The molecule has 11 heteroatoms. The fourth-order valence-electron chi connectivity index (χ4n) is 3.08. The van der Waals surface area contributed by atoms with Crippen molar-refractivity contribution in [3.05, 3.63) is 47.3 Å². The van der Waals surface area contributed by atoms with Crippen LogP contribution in [-0.4, -0.2) is 41.5 Å². The number of aromatic nitrogens is 2. The Labute approximate surface area is 155 Å². The number of aryl methyl sites for hydroxylation is 2. The van der Waals surface area contributed by atoms with Gasteiger partial charge in [-0.05, 0) is 25.5 Å². The Morgan fingerprint density at radius 3 is 2.63 bits per heavy atom. The largest absolute Gasteiger partial charge is 0.322 e. The van der Waals surface area contributed by atoms with E-state index in [4.69, 9.17) is 0 Å². The maximum Gasteiger partial charge on any atom is 0.280 e. The van der Waals surface area contributed by atoms with Gasteiger partial charge in [0, 0.05) is 31.9 Å². The standard InChI is InChI=1S/C16H19F2N5O3S/c1-9-11(8-22(2)20-9)14-7-15(23(3)27(25,26)21-14)16(24)19-13-5-4-10(17)6-12(13)18/h4-6,8,14-15,21H,7H2,1-3H3,(H,19,24)/t14-,15+/m1/s1. The van der Waals surface area contributed by atoms with Gasteiger partial charge >= 0.3 is 0 Å². The monoisotopic (exact) mass is 399 g/mol. The van der Waals surface area contributed by atoms with Crippen molar-refractivity contribution < 1.29 is 22.0 Å². The molecular formula is C16H19F2N5O3S. The minimum Gasteiger partial charge on any atom is -0.322 e. The summed E-state index contributed by atoms with van der Waals surface area (Å²) in [4.78, 5) is 12.6. The molecule has 27 heavy (non-hydrogen) atoms. The van der Waals surface area contributed by atoms with Gasteiger partial charge in [-0.3, -0.25) is 9.48 Å². The molecule has 2 heterocycles. The number of hydrogen-bond acceptors (Lipinski definition) is 4. The molecule has 1 amide bonds. The lowest BCUT2D eigenvalue weighted by Crippen LogP contribution is -2.56. The average Bonchev–Trinajstić information content (AvgIpc) is 2.91. The molecule has 1 aliphatic rings. The van der Waals surface area contributed by atoms with E-state index >= 15 is 0 Å². The molecule has 0 spiro atoms. The summed E-state index contributed by atoms with van der Waals surface area (Å²) in [5, 5.41) is 6.52. The number of nitrogens with one attached hydrogen (secondary N) is 2. The summed E-state index contributed by atoms with van der Waals surface area (Å²) in [6.45, 7) is 1.74. The number of carbonyl (C=O) groups excluding carboxylic acids is 1. The van der Waals surface area contributed by atoms with E-state index in [0.717, 1.165) is 16.4 Å². The second kappa shape index (κ2) is 6.98. The van der Waals surface area contributed by atoms with Crippen LogP contribution in [0.4, 0.5) is 14.5 Å².